The van der Waals surface area contributed by atoms with E-state index in [0.717, 1.165) is 43.2 Å². The summed E-state index contributed by atoms with van der Waals surface area (Å²) in [6.45, 7) is 4.81. The van der Waals surface area contributed by atoms with Crippen molar-refractivity contribution in [3.8, 4) is 0 Å². The van der Waals surface area contributed by atoms with Gasteiger partial charge in [-0.05, 0) is 28.1 Å². The van der Waals surface area contributed by atoms with Crippen LogP contribution in [0.5, 0.6) is 0 Å². The predicted octanol–water partition coefficient (Wildman–Crippen LogP) is 0.645. The molecule has 0 aliphatic carbocycles. The number of carbonyl (C=O) groups excluding carboxylic acids is 1. The molecule has 1 aromatic heterocycles. The first-order valence-corrected chi connectivity index (χ1v) is 6.40. The minimum atomic E-state index is -0.256. The number of amides is 1. The molecule has 0 saturated carbocycles. The summed E-state index contributed by atoms with van der Waals surface area (Å²) < 4.78 is 6.23. The van der Waals surface area contributed by atoms with Crippen LogP contribution in [0.4, 0.5) is 0 Å². The maximum atomic E-state index is 10.8. The van der Waals surface area contributed by atoms with Crippen LogP contribution in [-0.2, 0) is 11.3 Å². The molecule has 0 aromatic carbocycles. The van der Waals surface area contributed by atoms with Crippen molar-refractivity contribution in [3.05, 3.63) is 22.6 Å². The third-order valence-corrected chi connectivity index (χ3v) is 3.28. The van der Waals surface area contributed by atoms with Gasteiger partial charge in [0, 0.05) is 26.2 Å². The van der Waals surface area contributed by atoms with Crippen molar-refractivity contribution in [2.45, 2.75) is 6.54 Å². The van der Waals surface area contributed by atoms with Crippen LogP contribution in [0.3, 0.4) is 0 Å². The summed E-state index contributed by atoms with van der Waals surface area (Å²) in [5.74, 6) is 0.702. The Labute approximate surface area is 109 Å². The lowest BCUT2D eigenvalue weighted by Gasteiger charge is -2.33. The summed E-state index contributed by atoms with van der Waals surface area (Å²) in [4.78, 5) is 15.2. The maximum absolute atomic E-state index is 10.8. The van der Waals surface area contributed by atoms with E-state index in [0.29, 0.717) is 6.54 Å². The Bertz CT molecular complexity index is 386. The fraction of sp³-hybridized carbons (Fsp3) is 0.545. The molecule has 94 valence electrons. The van der Waals surface area contributed by atoms with Gasteiger partial charge >= 0.3 is 0 Å². The van der Waals surface area contributed by atoms with Crippen molar-refractivity contribution in [2.75, 3.05) is 32.7 Å². The van der Waals surface area contributed by atoms with E-state index in [2.05, 4.69) is 25.7 Å². The van der Waals surface area contributed by atoms with Crippen molar-refractivity contribution < 1.29 is 9.21 Å². The van der Waals surface area contributed by atoms with Crippen molar-refractivity contribution in [2.24, 2.45) is 5.73 Å². The minimum absolute atomic E-state index is 0.256. The molecule has 2 heterocycles. The van der Waals surface area contributed by atoms with Gasteiger partial charge in [0.05, 0.1) is 13.1 Å². The summed E-state index contributed by atoms with van der Waals surface area (Å²) >= 11 is 3.29. The van der Waals surface area contributed by atoms with Crippen molar-refractivity contribution in [1.82, 2.24) is 9.80 Å². The Kier molecular flexibility index (Phi) is 4.20. The smallest absolute Gasteiger partial charge is 0.231 e. The van der Waals surface area contributed by atoms with Gasteiger partial charge in [-0.3, -0.25) is 14.6 Å². The molecule has 6 heteroatoms. The lowest BCUT2D eigenvalue weighted by atomic mass is 10.3. The summed E-state index contributed by atoms with van der Waals surface area (Å²) in [5, 5.41) is 0. The van der Waals surface area contributed by atoms with E-state index in [4.69, 9.17) is 10.2 Å². The zero-order valence-electron chi connectivity index (χ0n) is 9.56. The third-order valence-electron chi connectivity index (χ3n) is 2.85. The Balaban J connectivity index is 1.77. The zero-order valence-corrected chi connectivity index (χ0v) is 11.1. The van der Waals surface area contributed by atoms with E-state index in [1.807, 2.05) is 12.1 Å². The molecule has 0 spiro atoms. The van der Waals surface area contributed by atoms with Crippen LogP contribution in [0.15, 0.2) is 21.2 Å². The Hall–Kier alpha value is -0.850. The number of nitrogens with two attached hydrogens (primary N) is 1. The van der Waals surface area contributed by atoms with Crippen LogP contribution in [0.1, 0.15) is 5.76 Å². The van der Waals surface area contributed by atoms with Gasteiger partial charge in [-0.15, -0.1) is 0 Å². The molecule has 2 rings (SSSR count). The number of primary amides is 1. The van der Waals surface area contributed by atoms with E-state index in [1.54, 1.807) is 0 Å². The van der Waals surface area contributed by atoms with E-state index < -0.39 is 0 Å². The summed E-state index contributed by atoms with van der Waals surface area (Å²) in [6.07, 6.45) is 0. The first-order chi connectivity index (χ1) is 8.13. The molecular formula is C11H16BrN3O2. The monoisotopic (exact) mass is 301 g/mol. The Morgan fingerprint density at radius 2 is 1.94 bits per heavy atom. The van der Waals surface area contributed by atoms with Crippen LogP contribution in [-0.4, -0.2) is 48.4 Å². The molecule has 5 nitrogen and oxygen atoms in total. The molecule has 0 atom stereocenters. The normalized spacial score (nSPS) is 18.4. The van der Waals surface area contributed by atoms with Gasteiger partial charge in [-0.25, -0.2) is 0 Å². The van der Waals surface area contributed by atoms with Crippen LogP contribution >= 0.6 is 15.9 Å². The molecule has 1 aliphatic heterocycles. The van der Waals surface area contributed by atoms with E-state index in [1.165, 1.54) is 0 Å². The third kappa shape index (κ3) is 3.83. The fourth-order valence-electron chi connectivity index (χ4n) is 1.98. The lowest BCUT2D eigenvalue weighted by Crippen LogP contribution is -2.48. The van der Waals surface area contributed by atoms with Gasteiger partial charge in [-0.2, -0.15) is 0 Å². The van der Waals surface area contributed by atoms with Gasteiger partial charge in [0.1, 0.15) is 5.76 Å². The number of carbonyl (C=O) groups is 1. The van der Waals surface area contributed by atoms with E-state index in [-0.39, 0.29) is 5.91 Å². The number of furan rings is 1. The zero-order chi connectivity index (χ0) is 12.3. The Morgan fingerprint density at radius 1 is 1.29 bits per heavy atom. The van der Waals surface area contributed by atoms with Crippen LogP contribution in [0, 0.1) is 0 Å². The number of halogens is 1. The number of piperazine rings is 1. The molecule has 0 radical (unpaired) electrons. The summed E-state index contributed by atoms with van der Waals surface area (Å²) in [6, 6.07) is 3.87. The quantitative estimate of drug-likeness (QED) is 0.887. The van der Waals surface area contributed by atoms with Crippen molar-refractivity contribution >= 4 is 21.8 Å². The number of rotatable bonds is 4. The molecule has 1 aromatic rings. The SMILES string of the molecule is NC(=O)CN1CCN(Cc2ccc(Br)o2)CC1. The highest BCUT2D eigenvalue weighted by Crippen LogP contribution is 2.16. The van der Waals surface area contributed by atoms with Crippen molar-refractivity contribution in [1.29, 1.82) is 0 Å². The van der Waals surface area contributed by atoms with Gasteiger partial charge in [0.2, 0.25) is 5.91 Å². The molecule has 17 heavy (non-hydrogen) atoms. The second kappa shape index (κ2) is 5.66. The van der Waals surface area contributed by atoms with Crippen LogP contribution in [0.2, 0.25) is 0 Å². The highest BCUT2D eigenvalue weighted by atomic mass is 79.9. The molecule has 1 saturated heterocycles. The first kappa shape index (κ1) is 12.6. The largest absolute Gasteiger partial charge is 0.453 e. The second-order valence-electron chi connectivity index (χ2n) is 4.22. The second-order valence-corrected chi connectivity index (χ2v) is 5.01. The molecule has 1 fully saturated rings. The van der Waals surface area contributed by atoms with Crippen molar-refractivity contribution in [3.63, 3.8) is 0 Å². The van der Waals surface area contributed by atoms with Crippen LogP contribution in [0.25, 0.3) is 0 Å². The van der Waals surface area contributed by atoms with Crippen LogP contribution < -0.4 is 5.73 Å². The fourth-order valence-corrected chi connectivity index (χ4v) is 2.32. The molecule has 2 N–H and O–H groups in total. The highest BCUT2D eigenvalue weighted by Gasteiger charge is 2.18. The van der Waals surface area contributed by atoms with E-state index >= 15 is 0 Å². The number of nitrogens with zero attached hydrogens (tertiary/aromatic N) is 2. The summed E-state index contributed by atoms with van der Waals surface area (Å²) in [7, 11) is 0. The highest BCUT2D eigenvalue weighted by molar-refractivity contribution is 9.10. The predicted molar refractivity (Wildman–Crippen MR) is 67.3 cm³/mol. The molecule has 0 unspecified atom stereocenters. The molecule has 1 aliphatic rings. The maximum Gasteiger partial charge on any atom is 0.231 e. The van der Waals surface area contributed by atoms with Gasteiger partial charge in [-0.1, -0.05) is 0 Å². The number of hydrogen-bond acceptors (Lipinski definition) is 4. The van der Waals surface area contributed by atoms with Gasteiger partial charge in [0.15, 0.2) is 4.67 Å². The lowest BCUT2D eigenvalue weighted by molar-refractivity contribution is -0.119. The first-order valence-electron chi connectivity index (χ1n) is 5.61. The average Bonchev–Trinajstić information content (AvgIpc) is 2.66. The average molecular weight is 302 g/mol. The number of hydrogen-bond donors (Lipinski definition) is 1. The standard InChI is InChI=1S/C11H16BrN3O2/c12-10-2-1-9(17-10)7-14-3-5-15(6-4-14)8-11(13)16/h1-2H,3-8H2,(H2,13,16). The molecule has 0 bridgehead atoms. The topological polar surface area (TPSA) is 62.7 Å². The van der Waals surface area contributed by atoms with E-state index in [9.17, 15) is 4.79 Å². The minimum Gasteiger partial charge on any atom is -0.453 e. The van der Waals surface area contributed by atoms with Gasteiger partial charge < -0.3 is 10.2 Å². The Morgan fingerprint density at radius 3 is 2.47 bits per heavy atom. The molecule has 1 amide bonds. The summed E-state index contributed by atoms with van der Waals surface area (Å²) in [5.41, 5.74) is 5.17. The molecular weight excluding hydrogens is 286 g/mol. The van der Waals surface area contributed by atoms with Gasteiger partial charge in [0.25, 0.3) is 0 Å².